The minimum Gasteiger partial charge on any atom is -0.394 e. The highest BCUT2D eigenvalue weighted by Crippen LogP contribution is 2.19. The van der Waals surface area contributed by atoms with Gasteiger partial charge in [-0.25, -0.2) is 0 Å². The zero-order valence-corrected chi connectivity index (χ0v) is 7.38. The van der Waals surface area contributed by atoms with E-state index >= 15 is 0 Å². The zero-order chi connectivity index (χ0) is 8.48. The van der Waals surface area contributed by atoms with Crippen LogP contribution in [0.15, 0.2) is 0 Å². The van der Waals surface area contributed by atoms with Gasteiger partial charge in [-0.3, -0.25) is 4.90 Å². The summed E-state index contributed by atoms with van der Waals surface area (Å²) in [4.78, 5) is 2.30. The van der Waals surface area contributed by atoms with Crippen LogP contribution in [-0.2, 0) is 0 Å². The summed E-state index contributed by atoms with van der Waals surface area (Å²) in [5.74, 6) is 0. The number of hydrogen-bond acceptors (Lipinski definition) is 3. The summed E-state index contributed by atoms with van der Waals surface area (Å²) in [6, 6.07) is 0.548. The molecule has 0 aliphatic carbocycles. The van der Waals surface area contributed by atoms with Gasteiger partial charge in [-0.2, -0.15) is 0 Å². The van der Waals surface area contributed by atoms with Gasteiger partial charge in [0.05, 0.1) is 12.1 Å². The van der Waals surface area contributed by atoms with Gasteiger partial charge >= 0.3 is 0 Å². The van der Waals surface area contributed by atoms with Gasteiger partial charge in [0.15, 0.2) is 0 Å². The van der Waals surface area contributed by atoms with E-state index in [4.69, 9.17) is 10.8 Å². The van der Waals surface area contributed by atoms with Crippen LogP contribution in [0, 0.1) is 0 Å². The molecule has 1 rings (SSSR count). The fourth-order valence-electron chi connectivity index (χ4n) is 1.50. The lowest BCUT2D eigenvalue weighted by molar-refractivity contribution is 0.184. The second-order valence-corrected chi connectivity index (χ2v) is 3.83. The van der Waals surface area contributed by atoms with E-state index in [1.807, 2.05) is 0 Å². The Hall–Kier alpha value is -0.120. The lowest BCUT2D eigenvalue weighted by Gasteiger charge is -2.24. The molecule has 0 bridgehead atoms. The molecule has 0 aromatic carbocycles. The number of aliphatic hydroxyl groups excluding tert-OH is 1. The van der Waals surface area contributed by atoms with Crippen LogP contribution >= 0.6 is 0 Å². The van der Waals surface area contributed by atoms with Crippen molar-refractivity contribution in [2.24, 2.45) is 5.73 Å². The van der Waals surface area contributed by atoms with Crippen molar-refractivity contribution >= 4 is 0 Å². The molecule has 3 heteroatoms. The highest BCUT2D eigenvalue weighted by molar-refractivity contribution is 4.94. The maximum absolute atomic E-state index is 8.97. The molecule has 1 aliphatic rings. The third kappa shape index (κ3) is 1.92. The van der Waals surface area contributed by atoms with E-state index in [9.17, 15) is 0 Å². The number of hydrogen-bond donors (Lipinski definition) is 2. The highest BCUT2D eigenvalue weighted by Gasteiger charge is 2.34. The van der Waals surface area contributed by atoms with E-state index in [-0.39, 0.29) is 12.1 Å². The molecule has 1 saturated heterocycles. The van der Waals surface area contributed by atoms with Crippen molar-refractivity contribution < 1.29 is 5.11 Å². The van der Waals surface area contributed by atoms with Crippen molar-refractivity contribution in [1.82, 2.24) is 4.90 Å². The third-order valence-electron chi connectivity index (χ3n) is 2.46. The lowest BCUT2D eigenvalue weighted by atomic mass is 10.0. The number of likely N-dealkylation sites (tertiary alicyclic amines) is 1. The number of nitrogens with zero attached hydrogens (tertiary/aromatic N) is 1. The summed E-state index contributed by atoms with van der Waals surface area (Å²) in [5, 5.41) is 8.97. The maximum Gasteiger partial charge on any atom is 0.0624 e. The normalized spacial score (nSPS) is 33.5. The van der Waals surface area contributed by atoms with Gasteiger partial charge in [0.2, 0.25) is 0 Å². The summed E-state index contributed by atoms with van der Waals surface area (Å²) >= 11 is 0. The molecule has 0 spiro atoms. The van der Waals surface area contributed by atoms with Gasteiger partial charge in [0.1, 0.15) is 0 Å². The minimum absolute atomic E-state index is 0.107. The van der Waals surface area contributed by atoms with E-state index in [0.717, 1.165) is 19.5 Å². The smallest absolute Gasteiger partial charge is 0.0624 e. The van der Waals surface area contributed by atoms with Gasteiger partial charge < -0.3 is 10.8 Å². The van der Waals surface area contributed by atoms with Gasteiger partial charge in [-0.1, -0.05) is 0 Å². The van der Waals surface area contributed by atoms with Gasteiger partial charge in [-0.05, 0) is 20.3 Å². The summed E-state index contributed by atoms with van der Waals surface area (Å²) in [5.41, 5.74) is 5.57. The van der Waals surface area contributed by atoms with Gasteiger partial charge in [0, 0.05) is 19.1 Å². The van der Waals surface area contributed by atoms with Crippen LogP contribution in [0.4, 0.5) is 0 Å². The topological polar surface area (TPSA) is 49.5 Å². The fourth-order valence-corrected chi connectivity index (χ4v) is 1.50. The second kappa shape index (κ2) is 3.09. The first-order chi connectivity index (χ1) is 5.07. The average Bonchev–Trinajstić information content (AvgIpc) is 2.33. The molecule has 3 nitrogen and oxygen atoms in total. The Morgan fingerprint density at radius 1 is 1.64 bits per heavy atom. The molecule has 1 heterocycles. The largest absolute Gasteiger partial charge is 0.394 e. The molecule has 0 aromatic rings. The Bertz CT molecular complexity index is 138. The second-order valence-electron chi connectivity index (χ2n) is 3.83. The molecule has 66 valence electrons. The Morgan fingerprint density at radius 2 is 2.27 bits per heavy atom. The van der Waals surface area contributed by atoms with Crippen LogP contribution in [-0.4, -0.2) is 41.3 Å². The predicted octanol–water partition coefficient (Wildman–Crippen LogP) is -0.210. The zero-order valence-electron chi connectivity index (χ0n) is 7.38. The molecule has 1 aliphatic heterocycles. The number of aliphatic hydroxyl groups is 1. The van der Waals surface area contributed by atoms with Crippen molar-refractivity contribution in [3.8, 4) is 0 Å². The molecule has 0 amide bonds. The molecule has 3 N–H and O–H groups in total. The third-order valence-corrected chi connectivity index (χ3v) is 2.46. The lowest BCUT2D eigenvalue weighted by Crippen LogP contribution is -2.46. The van der Waals surface area contributed by atoms with Crippen LogP contribution in [0.25, 0.3) is 0 Å². The molecule has 0 unspecified atom stereocenters. The quantitative estimate of drug-likeness (QED) is 0.584. The van der Waals surface area contributed by atoms with Crippen LogP contribution in [0.5, 0.6) is 0 Å². The first-order valence-corrected chi connectivity index (χ1v) is 4.21. The first kappa shape index (κ1) is 8.97. The average molecular weight is 158 g/mol. The van der Waals surface area contributed by atoms with Crippen molar-refractivity contribution in [3.63, 3.8) is 0 Å². The Kier molecular flexibility index (Phi) is 2.52. The molecule has 0 aromatic heterocycles. The van der Waals surface area contributed by atoms with Crippen molar-refractivity contribution in [2.45, 2.75) is 31.8 Å². The van der Waals surface area contributed by atoms with Crippen molar-refractivity contribution in [3.05, 3.63) is 0 Å². The molecular weight excluding hydrogens is 140 g/mol. The number of rotatable bonds is 2. The summed E-state index contributed by atoms with van der Waals surface area (Å²) in [7, 11) is 0. The Balaban J connectivity index is 2.46. The van der Waals surface area contributed by atoms with Crippen LogP contribution in [0.1, 0.15) is 20.3 Å². The molecule has 0 radical (unpaired) electrons. The summed E-state index contributed by atoms with van der Waals surface area (Å²) < 4.78 is 0. The van der Waals surface area contributed by atoms with Crippen LogP contribution < -0.4 is 5.73 Å². The Labute approximate surface area is 68.2 Å². The molecular formula is C8H18N2O. The van der Waals surface area contributed by atoms with E-state index in [2.05, 4.69) is 18.7 Å². The van der Waals surface area contributed by atoms with E-state index in [1.54, 1.807) is 0 Å². The standard InChI is InChI=1S/C8H18N2O/c1-7(2)10-4-3-8(9,5-10)6-11/h7,11H,3-6,9H2,1-2H3/t8-/m0/s1. The highest BCUT2D eigenvalue weighted by atomic mass is 16.3. The molecule has 0 saturated carbocycles. The minimum atomic E-state index is -0.329. The Morgan fingerprint density at radius 3 is 2.55 bits per heavy atom. The number of nitrogens with two attached hydrogens (primary N) is 1. The monoisotopic (exact) mass is 158 g/mol. The molecule has 1 fully saturated rings. The van der Waals surface area contributed by atoms with Crippen molar-refractivity contribution in [1.29, 1.82) is 0 Å². The molecule has 1 atom stereocenters. The van der Waals surface area contributed by atoms with E-state index in [0.29, 0.717) is 6.04 Å². The fraction of sp³-hybridized carbons (Fsp3) is 1.00. The SMILES string of the molecule is CC(C)N1CC[C@@](N)(CO)C1. The van der Waals surface area contributed by atoms with Crippen molar-refractivity contribution in [2.75, 3.05) is 19.7 Å². The van der Waals surface area contributed by atoms with E-state index in [1.165, 1.54) is 0 Å². The summed E-state index contributed by atoms with van der Waals surface area (Å²) in [6.07, 6.45) is 0.918. The first-order valence-electron chi connectivity index (χ1n) is 4.21. The maximum atomic E-state index is 8.97. The van der Waals surface area contributed by atoms with Gasteiger partial charge in [-0.15, -0.1) is 0 Å². The van der Waals surface area contributed by atoms with Crippen LogP contribution in [0.3, 0.4) is 0 Å². The van der Waals surface area contributed by atoms with Crippen LogP contribution in [0.2, 0.25) is 0 Å². The van der Waals surface area contributed by atoms with Gasteiger partial charge in [0.25, 0.3) is 0 Å². The van der Waals surface area contributed by atoms with E-state index < -0.39 is 0 Å². The summed E-state index contributed by atoms with van der Waals surface area (Å²) in [6.45, 7) is 6.28. The molecule has 11 heavy (non-hydrogen) atoms. The predicted molar refractivity (Wildman–Crippen MR) is 45.3 cm³/mol.